The summed E-state index contributed by atoms with van der Waals surface area (Å²) in [5.41, 5.74) is 5.35. The van der Waals surface area contributed by atoms with Gasteiger partial charge in [0.1, 0.15) is 30.5 Å². The molecule has 0 unspecified atom stereocenters. The molecule has 16 heteroatoms. The number of anilines is 6. The van der Waals surface area contributed by atoms with Gasteiger partial charge in [0.25, 0.3) is 11.8 Å². The molecular weight excluding hydrogens is 832 g/mol. The van der Waals surface area contributed by atoms with Crippen LogP contribution in [-0.4, -0.2) is 99.1 Å². The zero-order chi connectivity index (χ0) is 44.7. The first kappa shape index (κ1) is 45.2. The molecule has 4 heterocycles. The highest BCUT2D eigenvalue weighted by Gasteiger charge is 2.15. The van der Waals surface area contributed by atoms with Crippen LogP contribution in [0, 0.1) is 13.8 Å². The monoisotopic (exact) mass is 884 g/mol. The zero-order valence-corrected chi connectivity index (χ0v) is 36.8. The molecule has 2 aromatic heterocycles. The molecule has 0 atom stereocenters. The van der Waals surface area contributed by atoms with Crippen LogP contribution in [0.1, 0.15) is 57.5 Å². The van der Waals surface area contributed by atoms with Crippen LogP contribution >= 0.6 is 11.6 Å². The van der Waals surface area contributed by atoms with Gasteiger partial charge in [-0.2, -0.15) is 0 Å². The van der Waals surface area contributed by atoms with E-state index in [1.807, 2.05) is 80.6 Å². The standard InChI is InChI=1S/C25H29N5O2.C23H24ClN5O3/c1-18-6-5-7-19(2)23(18)24(31)28-21-16-26-25(27-17-21)29-20-8-10-22(11-9-20)32-15-14-30-12-3-4-13-30;24-21-8-5-18(30)13-20(21)22(31)27-17-14-25-23(26-15-17)28-16-3-6-19(7-4-16)32-12-11-29-9-1-2-10-29/h5-11,16-17H,3-4,12-15H2,1-2H3,(H,28,31)(H,26,27,29);3-8,13-15,30H,1-2,9-12H2,(H,27,31)(H,25,26,28). The van der Waals surface area contributed by atoms with Crippen molar-refractivity contribution in [2.75, 3.05) is 73.7 Å². The normalized spacial score (nSPS) is 13.7. The van der Waals surface area contributed by atoms with Crippen LogP contribution in [0.2, 0.25) is 5.02 Å². The Kier molecular flexibility index (Phi) is 15.9. The van der Waals surface area contributed by atoms with Gasteiger partial charge in [0, 0.05) is 30.0 Å². The van der Waals surface area contributed by atoms with Crippen molar-refractivity contribution in [2.45, 2.75) is 39.5 Å². The van der Waals surface area contributed by atoms with E-state index >= 15 is 0 Å². The number of ether oxygens (including phenoxy) is 2. The van der Waals surface area contributed by atoms with Crippen molar-refractivity contribution in [3.8, 4) is 17.2 Å². The summed E-state index contributed by atoms with van der Waals surface area (Å²) in [6.07, 6.45) is 11.3. The Labute approximate surface area is 378 Å². The van der Waals surface area contributed by atoms with E-state index in [1.165, 1.54) is 69.4 Å². The predicted octanol–water partition coefficient (Wildman–Crippen LogP) is 8.87. The molecule has 2 fully saturated rings. The van der Waals surface area contributed by atoms with Crippen molar-refractivity contribution < 1.29 is 24.2 Å². The number of hydrogen-bond donors (Lipinski definition) is 5. The Hall–Kier alpha value is -6.81. The number of phenolic OH excluding ortho intramolecular Hbond substituents is 1. The maximum Gasteiger partial charge on any atom is 0.257 e. The summed E-state index contributed by atoms with van der Waals surface area (Å²) in [4.78, 5) is 46.9. The molecule has 2 saturated heterocycles. The highest BCUT2D eigenvalue weighted by Crippen LogP contribution is 2.24. The second-order valence-corrected chi connectivity index (χ2v) is 15.9. The summed E-state index contributed by atoms with van der Waals surface area (Å²) < 4.78 is 11.7. The Morgan fingerprint density at radius 3 is 1.50 bits per heavy atom. The molecular formula is C48H53ClN10O5. The summed E-state index contributed by atoms with van der Waals surface area (Å²) in [6.45, 7) is 11.8. The smallest absolute Gasteiger partial charge is 0.257 e. The maximum atomic E-state index is 12.6. The Morgan fingerprint density at radius 2 is 1.05 bits per heavy atom. The number of benzene rings is 4. The van der Waals surface area contributed by atoms with Crippen molar-refractivity contribution in [3.05, 3.63) is 137 Å². The largest absolute Gasteiger partial charge is 0.508 e. The van der Waals surface area contributed by atoms with Crippen molar-refractivity contribution in [1.29, 1.82) is 0 Å². The van der Waals surface area contributed by atoms with Crippen molar-refractivity contribution >= 4 is 58.1 Å². The second-order valence-electron chi connectivity index (χ2n) is 15.5. The number of amides is 2. The number of likely N-dealkylation sites (tertiary alicyclic amines) is 2. The fraction of sp³-hybridized carbons (Fsp3) is 0.292. The SMILES string of the molecule is Cc1cccc(C)c1C(=O)Nc1cnc(Nc2ccc(OCCN3CCCC3)cc2)nc1.O=C(Nc1cnc(Nc2ccc(OCCN3CCCC3)cc2)nc1)c1cc(O)ccc1Cl. The number of aromatic hydroxyl groups is 1. The van der Waals surface area contributed by atoms with Gasteiger partial charge in [-0.1, -0.05) is 29.8 Å². The van der Waals surface area contributed by atoms with E-state index in [0.717, 1.165) is 60.2 Å². The number of halogens is 1. The topological polar surface area (TPSA) is 179 Å². The molecule has 0 spiro atoms. The number of carbonyl (C=O) groups excluding carboxylic acids is 2. The first-order valence-corrected chi connectivity index (χ1v) is 21.8. The number of phenols is 1. The van der Waals surface area contributed by atoms with E-state index < -0.39 is 5.91 Å². The van der Waals surface area contributed by atoms with E-state index in [0.29, 0.717) is 42.0 Å². The molecule has 5 N–H and O–H groups in total. The lowest BCUT2D eigenvalue weighted by molar-refractivity contribution is 0.101. The van der Waals surface area contributed by atoms with E-state index in [-0.39, 0.29) is 22.2 Å². The summed E-state index contributed by atoms with van der Waals surface area (Å²) in [6, 6.07) is 25.3. The van der Waals surface area contributed by atoms with E-state index in [9.17, 15) is 14.7 Å². The van der Waals surface area contributed by atoms with Gasteiger partial charge in [0.2, 0.25) is 11.9 Å². The third-order valence-electron chi connectivity index (χ3n) is 10.7. The fourth-order valence-electron chi connectivity index (χ4n) is 7.29. The number of aromatic nitrogens is 4. The van der Waals surface area contributed by atoms with Crippen molar-refractivity contribution in [1.82, 2.24) is 29.7 Å². The number of rotatable bonds is 16. The van der Waals surface area contributed by atoms with Crippen LogP contribution < -0.4 is 30.7 Å². The second kappa shape index (κ2) is 22.5. The molecule has 15 nitrogen and oxygen atoms in total. The third kappa shape index (κ3) is 13.3. The molecule has 0 radical (unpaired) electrons. The Morgan fingerprint density at radius 1 is 0.609 bits per heavy atom. The van der Waals surface area contributed by atoms with Gasteiger partial charge in [-0.15, -0.1) is 0 Å². The van der Waals surface area contributed by atoms with Crippen LogP contribution in [0.4, 0.5) is 34.6 Å². The molecule has 0 aliphatic carbocycles. The van der Waals surface area contributed by atoms with E-state index in [2.05, 4.69) is 51.0 Å². The number of nitrogens with one attached hydrogen (secondary N) is 4. The van der Waals surface area contributed by atoms with Crippen molar-refractivity contribution in [2.24, 2.45) is 0 Å². The average Bonchev–Trinajstić information content (AvgIpc) is 4.03. The van der Waals surface area contributed by atoms with Gasteiger partial charge in [0.15, 0.2) is 0 Å². The molecule has 332 valence electrons. The van der Waals surface area contributed by atoms with Crippen LogP contribution in [0.3, 0.4) is 0 Å². The van der Waals surface area contributed by atoms with Gasteiger partial charge in [-0.05, 0) is 144 Å². The molecule has 64 heavy (non-hydrogen) atoms. The molecule has 6 aromatic rings. The van der Waals surface area contributed by atoms with Crippen LogP contribution in [0.15, 0.2) is 110 Å². The quantitative estimate of drug-likeness (QED) is 0.0623. The lowest BCUT2D eigenvalue weighted by atomic mass is 10.0. The fourth-order valence-corrected chi connectivity index (χ4v) is 7.49. The minimum atomic E-state index is -0.462. The molecule has 0 bridgehead atoms. The van der Waals surface area contributed by atoms with Gasteiger partial charge in [-0.25, -0.2) is 19.9 Å². The Bertz CT molecular complexity index is 2430. The minimum absolute atomic E-state index is 0.0432. The maximum absolute atomic E-state index is 12.6. The Balaban J connectivity index is 0.000000191. The summed E-state index contributed by atoms with van der Waals surface area (Å²) >= 11 is 6.02. The molecule has 8 rings (SSSR count). The number of aryl methyl sites for hydroxylation is 2. The van der Waals surface area contributed by atoms with Gasteiger partial charge < -0.3 is 35.8 Å². The molecule has 0 saturated carbocycles. The van der Waals surface area contributed by atoms with Gasteiger partial charge in [0.05, 0.1) is 46.7 Å². The zero-order valence-electron chi connectivity index (χ0n) is 36.0. The molecule has 2 aliphatic heterocycles. The van der Waals surface area contributed by atoms with Crippen LogP contribution in [-0.2, 0) is 0 Å². The summed E-state index contributed by atoms with van der Waals surface area (Å²) in [5.74, 6) is 1.84. The summed E-state index contributed by atoms with van der Waals surface area (Å²) in [7, 11) is 0. The van der Waals surface area contributed by atoms with Crippen molar-refractivity contribution in [3.63, 3.8) is 0 Å². The number of nitrogens with zero attached hydrogens (tertiary/aromatic N) is 6. The van der Waals surface area contributed by atoms with E-state index in [4.69, 9.17) is 21.1 Å². The number of hydrogen-bond acceptors (Lipinski definition) is 13. The molecule has 4 aromatic carbocycles. The predicted molar refractivity (Wildman–Crippen MR) is 251 cm³/mol. The third-order valence-corrected chi connectivity index (χ3v) is 11.0. The van der Waals surface area contributed by atoms with Gasteiger partial charge >= 0.3 is 0 Å². The number of carbonyl (C=O) groups is 2. The van der Waals surface area contributed by atoms with Crippen LogP contribution in [0.5, 0.6) is 17.2 Å². The van der Waals surface area contributed by atoms with Gasteiger partial charge in [-0.3, -0.25) is 19.4 Å². The van der Waals surface area contributed by atoms with E-state index in [1.54, 1.807) is 12.4 Å². The first-order chi connectivity index (χ1) is 31.1. The highest BCUT2D eigenvalue weighted by molar-refractivity contribution is 6.34. The minimum Gasteiger partial charge on any atom is -0.508 e. The lowest BCUT2D eigenvalue weighted by Crippen LogP contribution is -2.25. The highest BCUT2D eigenvalue weighted by atomic mass is 35.5. The lowest BCUT2D eigenvalue weighted by Gasteiger charge is -2.15. The first-order valence-electron chi connectivity index (χ1n) is 21.4. The molecule has 2 amide bonds. The average molecular weight is 885 g/mol. The van der Waals surface area contributed by atoms with Crippen LogP contribution in [0.25, 0.3) is 0 Å². The summed E-state index contributed by atoms with van der Waals surface area (Å²) in [5, 5.41) is 21.6. The molecule has 2 aliphatic rings.